The number of amides is 3. The van der Waals surface area contributed by atoms with Crippen LogP contribution in [0.4, 0.5) is 14.9 Å². The molecule has 2 aromatic carbocycles. The third kappa shape index (κ3) is 2.46. The lowest BCUT2D eigenvalue weighted by Gasteiger charge is -2.15. The van der Waals surface area contributed by atoms with Crippen LogP contribution >= 0.6 is 11.8 Å². The monoisotopic (exact) mass is 316 g/mol. The summed E-state index contributed by atoms with van der Waals surface area (Å²) in [4.78, 5) is 28.0. The van der Waals surface area contributed by atoms with E-state index in [0.717, 1.165) is 9.80 Å². The first-order valence-electron chi connectivity index (χ1n) is 6.66. The van der Waals surface area contributed by atoms with E-state index in [-0.39, 0.29) is 5.69 Å². The van der Waals surface area contributed by atoms with E-state index in [4.69, 9.17) is 0 Å². The van der Waals surface area contributed by atoms with Crippen LogP contribution in [0.15, 0.2) is 59.5 Å². The number of carbonyl (C=O) groups is 2. The molecule has 0 bridgehead atoms. The summed E-state index contributed by atoms with van der Waals surface area (Å²) in [6.07, 6.45) is 0. The van der Waals surface area contributed by atoms with Crippen LogP contribution in [-0.4, -0.2) is 29.3 Å². The minimum Gasteiger partial charge on any atom is -0.306 e. The third-order valence-electron chi connectivity index (χ3n) is 3.36. The van der Waals surface area contributed by atoms with Gasteiger partial charge in [0, 0.05) is 11.9 Å². The number of likely N-dealkylation sites (N-methyl/N-ethyl adjacent to an activating group) is 1. The first-order chi connectivity index (χ1) is 10.6. The molecule has 4 nitrogen and oxygen atoms in total. The van der Waals surface area contributed by atoms with Crippen molar-refractivity contribution in [2.45, 2.75) is 10.3 Å². The Labute approximate surface area is 131 Å². The maximum Gasteiger partial charge on any atom is 0.332 e. The summed E-state index contributed by atoms with van der Waals surface area (Å²) in [5, 5.41) is -0.700. The topological polar surface area (TPSA) is 40.6 Å². The van der Waals surface area contributed by atoms with Gasteiger partial charge in [-0.15, -0.1) is 0 Å². The van der Waals surface area contributed by atoms with Gasteiger partial charge in [-0.2, -0.15) is 0 Å². The highest BCUT2D eigenvalue weighted by molar-refractivity contribution is 8.00. The molecule has 0 N–H and O–H groups in total. The Bertz CT molecular complexity index is 723. The SMILES string of the molecule is CN1C(=O)N(c2ccccc2F)C(=O)C1Sc1ccccc1. The largest absolute Gasteiger partial charge is 0.332 e. The molecule has 112 valence electrons. The number of benzene rings is 2. The molecule has 1 saturated heterocycles. The molecule has 1 atom stereocenters. The first kappa shape index (κ1) is 14.6. The van der Waals surface area contributed by atoms with E-state index in [1.165, 1.54) is 34.9 Å². The number of anilines is 1. The van der Waals surface area contributed by atoms with Crippen molar-refractivity contribution in [3.63, 3.8) is 0 Å². The maximum absolute atomic E-state index is 13.9. The smallest absolute Gasteiger partial charge is 0.306 e. The number of hydrogen-bond acceptors (Lipinski definition) is 3. The van der Waals surface area contributed by atoms with Gasteiger partial charge in [-0.1, -0.05) is 42.1 Å². The van der Waals surface area contributed by atoms with Gasteiger partial charge in [-0.25, -0.2) is 14.1 Å². The highest BCUT2D eigenvalue weighted by atomic mass is 32.2. The fourth-order valence-electron chi connectivity index (χ4n) is 2.24. The molecule has 0 saturated carbocycles. The van der Waals surface area contributed by atoms with Crippen molar-refractivity contribution in [3.8, 4) is 0 Å². The summed E-state index contributed by atoms with van der Waals surface area (Å²) in [6.45, 7) is 0. The standard InChI is InChI=1S/C16H13FN2O2S/c1-18-15(22-11-7-3-2-4-8-11)14(20)19(16(18)21)13-10-6-5-9-12(13)17/h2-10,15H,1H3. The van der Waals surface area contributed by atoms with Crippen LogP contribution in [-0.2, 0) is 4.79 Å². The second kappa shape index (κ2) is 5.81. The highest BCUT2D eigenvalue weighted by Gasteiger charge is 2.45. The van der Waals surface area contributed by atoms with Crippen LogP contribution < -0.4 is 4.90 Å². The number of carbonyl (C=O) groups excluding carboxylic acids is 2. The Morgan fingerprint density at radius 3 is 2.32 bits per heavy atom. The lowest BCUT2D eigenvalue weighted by atomic mass is 10.3. The number of urea groups is 1. The summed E-state index contributed by atoms with van der Waals surface area (Å²) in [6, 6.07) is 14.6. The van der Waals surface area contributed by atoms with E-state index < -0.39 is 23.1 Å². The molecule has 1 heterocycles. The van der Waals surface area contributed by atoms with Gasteiger partial charge < -0.3 is 4.90 Å². The number of thioether (sulfide) groups is 1. The lowest BCUT2D eigenvalue weighted by molar-refractivity contribution is -0.117. The molecule has 1 aliphatic rings. The van der Waals surface area contributed by atoms with Crippen molar-refractivity contribution in [1.29, 1.82) is 0 Å². The van der Waals surface area contributed by atoms with Gasteiger partial charge in [0.05, 0.1) is 5.69 Å². The van der Waals surface area contributed by atoms with Gasteiger partial charge in [-0.3, -0.25) is 4.79 Å². The number of imide groups is 1. The van der Waals surface area contributed by atoms with E-state index >= 15 is 0 Å². The van der Waals surface area contributed by atoms with Crippen molar-refractivity contribution in [1.82, 2.24) is 4.90 Å². The maximum atomic E-state index is 13.9. The second-order valence-electron chi connectivity index (χ2n) is 4.80. The molecular formula is C16H13FN2O2S. The van der Waals surface area contributed by atoms with E-state index in [0.29, 0.717) is 0 Å². The summed E-state index contributed by atoms with van der Waals surface area (Å²) < 4.78 is 13.9. The Morgan fingerprint density at radius 2 is 1.64 bits per heavy atom. The average molecular weight is 316 g/mol. The van der Waals surface area contributed by atoms with Crippen LogP contribution in [0.1, 0.15) is 0 Å². The van der Waals surface area contributed by atoms with Crippen molar-refractivity contribution in [2.24, 2.45) is 0 Å². The summed E-state index contributed by atoms with van der Waals surface area (Å²) in [7, 11) is 1.54. The van der Waals surface area contributed by atoms with Crippen LogP contribution in [0, 0.1) is 5.82 Å². The van der Waals surface area contributed by atoms with Crippen LogP contribution in [0.25, 0.3) is 0 Å². The minimum atomic E-state index is -0.700. The molecule has 3 amide bonds. The number of halogens is 1. The zero-order valence-electron chi connectivity index (χ0n) is 11.8. The number of rotatable bonds is 3. The molecular weight excluding hydrogens is 303 g/mol. The molecule has 0 radical (unpaired) electrons. The van der Waals surface area contributed by atoms with E-state index in [1.807, 2.05) is 30.3 Å². The van der Waals surface area contributed by atoms with Crippen molar-refractivity contribution in [3.05, 3.63) is 60.4 Å². The molecule has 1 unspecified atom stereocenters. The van der Waals surface area contributed by atoms with Crippen LogP contribution in [0.5, 0.6) is 0 Å². The zero-order valence-corrected chi connectivity index (χ0v) is 12.6. The van der Waals surface area contributed by atoms with Gasteiger partial charge in [0.2, 0.25) is 0 Å². The van der Waals surface area contributed by atoms with E-state index in [1.54, 1.807) is 13.1 Å². The van der Waals surface area contributed by atoms with Gasteiger partial charge in [0.25, 0.3) is 5.91 Å². The third-order valence-corrected chi connectivity index (χ3v) is 4.65. The summed E-state index contributed by atoms with van der Waals surface area (Å²) in [5.41, 5.74) is -0.0134. The van der Waals surface area contributed by atoms with Crippen molar-refractivity contribution >= 4 is 29.4 Å². The van der Waals surface area contributed by atoms with Gasteiger partial charge in [0.1, 0.15) is 5.82 Å². The van der Waals surface area contributed by atoms with Crippen LogP contribution in [0.3, 0.4) is 0 Å². The molecule has 3 rings (SSSR count). The lowest BCUT2D eigenvalue weighted by Crippen LogP contribution is -2.32. The number of nitrogens with zero attached hydrogens (tertiary/aromatic N) is 2. The second-order valence-corrected chi connectivity index (χ2v) is 5.96. The number of para-hydroxylation sites is 1. The van der Waals surface area contributed by atoms with E-state index in [9.17, 15) is 14.0 Å². The Kier molecular flexibility index (Phi) is 3.85. The molecule has 0 aliphatic carbocycles. The highest BCUT2D eigenvalue weighted by Crippen LogP contribution is 2.34. The minimum absolute atomic E-state index is 0.0134. The average Bonchev–Trinajstić information content (AvgIpc) is 2.73. The van der Waals surface area contributed by atoms with Gasteiger partial charge in [0.15, 0.2) is 5.37 Å². The Morgan fingerprint density at radius 1 is 1.00 bits per heavy atom. The first-order valence-corrected chi connectivity index (χ1v) is 7.54. The molecule has 0 aromatic heterocycles. The van der Waals surface area contributed by atoms with Crippen molar-refractivity contribution < 1.29 is 14.0 Å². The Balaban J connectivity index is 1.91. The number of hydrogen-bond donors (Lipinski definition) is 0. The quantitative estimate of drug-likeness (QED) is 0.816. The molecule has 2 aromatic rings. The normalized spacial score (nSPS) is 18.2. The zero-order chi connectivity index (χ0) is 15.7. The molecule has 22 heavy (non-hydrogen) atoms. The molecule has 1 fully saturated rings. The molecule has 0 spiro atoms. The molecule has 1 aliphatic heterocycles. The predicted octanol–water partition coefficient (Wildman–Crippen LogP) is 3.34. The fourth-order valence-corrected chi connectivity index (χ4v) is 3.27. The summed E-state index contributed by atoms with van der Waals surface area (Å²) >= 11 is 1.27. The molecule has 6 heteroatoms. The van der Waals surface area contributed by atoms with Gasteiger partial charge >= 0.3 is 6.03 Å². The van der Waals surface area contributed by atoms with E-state index in [2.05, 4.69) is 0 Å². The fraction of sp³-hybridized carbons (Fsp3) is 0.125. The predicted molar refractivity (Wildman–Crippen MR) is 83.1 cm³/mol. The van der Waals surface area contributed by atoms with Gasteiger partial charge in [-0.05, 0) is 24.3 Å². The van der Waals surface area contributed by atoms with Crippen molar-refractivity contribution in [2.75, 3.05) is 11.9 Å². The van der Waals surface area contributed by atoms with Crippen LogP contribution in [0.2, 0.25) is 0 Å². The Hall–Kier alpha value is -2.34. The summed E-state index contributed by atoms with van der Waals surface area (Å²) in [5.74, 6) is -1.03.